The van der Waals surface area contributed by atoms with E-state index in [2.05, 4.69) is 4.90 Å². The summed E-state index contributed by atoms with van der Waals surface area (Å²) in [6.45, 7) is 3.13. The van der Waals surface area contributed by atoms with Crippen LogP contribution < -0.4 is 9.47 Å². The maximum absolute atomic E-state index is 12.7. The van der Waals surface area contributed by atoms with E-state index in [1.165, 1.54) is 6.42 Å². The summed E-state index contributed by atoms with van der Waals surface area (Å²) >= 11 is 0. The first-order valence-corrected chi connectivity index (χ1v) is 8.46. The Balaban J connectivity index is 2.56. The van der Waals surface area contributed by atoms with E-state index >= 15 is 0 Å². The van der Waals surface area contributed by atoms with E-state index in [1.54, 1.807) is 14.2 Å². The third-order valence-electron chi connectivity index (χ3n) is 4.31. The molecule has 0 aromatic heterocycles. The normalized spacial score (nSPS) is 17.1. The van der Waals surface area contributed by atoms with Crippen molar-refractivity contribution in [1.82, 2.24) is 4.90 Å². The Kier molecular flexibility index (Phi) is 6.53. The highest BCUT2D eigenvalue weighted by Crippen LogP contribution is 2.34. The lowest BCUT2D eigenvalue weighted by Gasteiger charge is -2.23. The van der Waals surface area contributed by atoms with Crippen LogP contribution in [-0.4, -0.2) is 45.3 Å². The molecular weight excluding hydrogens is 306 g/mol. The molecule has 0 N–H and O–H groups in total. The number of hydrogen-bond acceptors (Lipinski definition) is 5. The number of ether oxygens (including phenoxy) is 3. The zero-order chi connectivity index (χ0) is 17.5. The summed E-state index contributed by atoms with van der Waals surface area (Å²) in [5.41, 5.74) is 2.47. The van der Waals surface area contributed by atoms with E-state index in [9.17, 15) is 4.79 Å². The monoisotopic (exact) mass is 333 g/mol. The molecule has 1 fully saturated rings. The van der Waals surface area contributed by atoms with Crippen LogP contribution in [0.5, 0.6) is 11.5 Å². The van der Waals surface area contributed by atoms with E-state index in [0.717, 1.165) is 37.1 Å². The molecule has 1 aliphatic rings. The van der Waals surface area contributed by atoms with Crippen LogP contribution >= 0.6 is 0 Å². The van der Waals surface area contributed by atoms with Crippen LogP contribution in [0.4, 0.5) is 0 Å². The molecule has 0 bridgehead atoms. The fourth-order valence-electron chi connectivity index (χ4n) is 3.06. The molecule has 0 saturated carbocycles. The summed E-state index contributed by atoms with van der Waals surface area (Å²) in [4.78, 5) is 14.9. The van der Waals surface area contributed by atoms with Gasteiger partial charge in [0.25, 0.3) is 0 Å². The van der Waals surface area contributed by atoms with E-state index in [1.807, 2.05) is 32.2 Å². The second-order valence-corrected chi connectivity index (χ2v) is 5.84. The lowest BCUT2D eigenvalue weighted by Crippen LogP contribution is -2.22. The molecule has 1 aliphatic heterocycles. The second kappa shape index (κ2) is 8.62. The van der Waals surface area contributed by atoms with Crippen molar-refractivity contribution in [3.05, 3.63) is 29.5 Å². The van der Waals surface area contributed by atoms with Gasteiger partial charge in [-0.05, 0) is 43.9 Å². The van der Waals surface area contributed by atoms with Crippen molar-refractivity contribution in [1.29, 1.82) is 0 Å². The molecule has 1 heterocycles. The summed E-state index contributed by atoms with van der Waals surface area (Å²) in [6, 6.07) is 5.56. The van der Waals surface area contributed by atoms with Crippen LogP contribution in [0.15, 0.2) is 23.9 Å². The van der Waals surface area contributed by atoms with Gasteiger partial charge in [0.1, 0.15) is 0 Å². The zero-order valence-electron chi connectivity index (χ0n) is 15.1. The van der Waals surface area contributed by atoms with Crippen LogP contribution in [0, 0.1) is 0 Å². The molecule has 132 valence electrons. The maximum atomic E-state index is 12.7. The summed E-state index contributed by atoms with van der Waals surface area (Å²) < 4.78 is 16.0. The Labute approximate surface area is 144 Å². The summed E-state index contributed by atoms with van der Waals surface area (Å²) in [5, 5.41) is 0. The molecule has 2 rings (SSSR count). The predicted molar refractivity (Wildman–Crippen MR) is 94.2 cm³/mol. The smallest absolute Gasteiger partial charge is 0.340 e. The molecule has 0 radical (unpaired) electrons. The van der Waals surface area contributed by atoms with Crippen LogP contribution in [-0.2, 0) is 9.53 Å². The molecular formula is C19H27NO4. The minimum Gasteiger partial charge on any atom is -0.493 e. The number of carbonyl (C=O) groups is 1. The van der Waals surface area contributed by atoms with Gasteiger partial charge in [0.2, 0.25) is 0 Å². The number of esters is 1. The first-order chi connectivity index (χ1) is 11.6. The van der Waals surface area contributed by atoms with Gasteiger partial charge < -0.3 is 19.1 Å². The number of carbonyl (C=O) groups excluding carboxylic acids is 1. The van der Waals surface area contributed by atoms with Crippen molar-refractivity contribution in [2.24, 2.45) is 0 Å². The lowest BCUT2D eigenvalue weighted by molar-refractivity contribution is -0.136. The molecule has 0 aliphatic carbocycles. The molecule has 5 heteroatoms. The van der Waals surface area contributed by atoms with Crippen molar-refractivity contribution in [3.8, 4) is 11.5 Å². The lowest BCUT2D eigenvalue weighted by atomic mass is 10.00. The average Bonchev–Trinajstić information content (AvgIpc) is 2.80. The third-order valence-corrected chi connectivity index (χ3v) is 4.31. The topological polar surface area (TPSA) is 48.0 Å². The zero-order valence-corrected chi connectivity index (χ0v) is 15.1. The number of rotatable bonds is 5. The van der Waals surface area contributed by atoms with Crippen LogP contribution in [0.1, 0.15) is 38.2 Å². The van der Waals surface area contributed by atoms with Crippen LogP contribution in [0.25, 0.3) is 5.57 Å². The van der Waals surface area contributed by atoms with Gasteiger partial charge in [-0.1, -0.05) is 12.5 Å². The minimum absolute atomic E-state index is 0.284. The molecule has 1 aromatic carbocycles. The highest BCUT2D eigenvalue weighted by Gasteiger charge is 2.23. The number of methoxy groups -OCH3 is 2. The van der Waals surface area contributed by atoms with Crippen molar-refractivity contribution >= 4 is 11.5 Å². The molecule has 0 spiro atoms. The van der Waals surface area contributed by atoms with Gasteiger partial charge in [0.15, 0.2) is 11.5 Å². The van der Waals surface area contributed by atoms with Gasteiger partial charge in [0, 0.05) is 19.3 Å². The van der Waals surface area contributed by atoms with Crippen LogP contribution in [0.2, 0.25) is 0 Å². The first-order valence-electron chi connectivity index (χ1n) is 8.46. The van der Waals surface area contributed by atoms with E-state index < -0.39 is 0 Å². The SMILES string of the molecule is CCOC(=O)C(=C1CCCCCN1C)c1ccc(OC)c(OC)c1. The van der Waals surface area contributed by atoms with Crippen molar-refractivity contribution in [2.75, 3.05) is 34.4 Å². The predicted octanol–water partition coefficient (Wildman–Crippen LogP) is 3.48. The van der Waals surface area contributed by atoms with E-state index in [-0.39, 0.29) is 5.97 Å². The quantitative estimate of drug-likeness (QED) is 0.610. The Morgan fingerprint density at radius 3 is 2.54 bits per heavy atom. The van der Waals surface area contributed by atoms with Gasteiger partial charge in [-0.2, -0.15) is 0 Å². The molecule has 1 aromatic rings. The number of benzene rings is 1. The van der Waals surface area contributed by atoms with Gasteiger partial charge in [-0.25, -0.2) is 4.79 Å². The highest BCUT2D eigenvalue weighted by atomic mass is 16.5. The summed E-state index contributed by atoms with van der Waals surface area (Å²) in [7, 11) is 5.23. The van der Waals surface area contributed by atoms with Gasteiger partial charge in [-0.3, -0.25) is 0 Å². The third kappa shape index (κ3) is 4.02. The fourth-order valence-corrected chi connectivity index (χ4v) is 3.06. The van der Waals surface area contributed by atoms with E-state index in [4.69, 9.17) is 14.2 Å². The number of nitrogens with zero attached hydrogens (tertiary/aromatic N) is 1. The largest absolute Gasteiger partial charge is 0.493 e. The number of allylic oxidation sites excluding steroid dienone is 1. The van der Waals surface area contributed by atoms with Crippen molar-refractivity contribution < 1.29 is 19.0 Å². The molecule has 5 nitrogen and oxygen atoms in total. The Morgan fingerprint density at radius 2 is 1.88 bits per heavy atom. The number of hydrogen-bond donors (Lipinski definition) is 0. The number of likely N-dealkylation sites (tertiary alicyclic amines) is 1. The van der Waals surface area contributed by atoms with Crippen molar-refractivity contribution in [3.63, 3.8) is 0 Å². The highest BCUT2D eigenvalue weighted by molar-refractivity contribution is 6.17. The van der Waals surface area contributed by atoms with Gasteiger partial charge in [0.05, 0.1) is 26.4 Å². The Hall–Kier alpha value is -2.17. The average molecular weight is 333 g/mol. The van der Waals surface area contributed by atoms with Gasteiger partial charge >= 0.3 is 5.97 Å². The first kappa shape index (κ1) is 18.2. The Morgan fingerprint density at radius 1 is 1.12 bits per heavy atom. The van der Waals surface area contributed by atoms with E-state index in [0.29, 0.717) is 23.7 Å². The molecule has 1 saturated heterocycles. The molecule has 24 heavy (non-hydrogen) atoms. The Bertz CT molecular complexity index is 609. The summed E-state index contributed by atoms with van der Waals surface area (Å²) in [6.07, 6.45) is 4.27. The molecule has 0 amide bonds. The molecule has 0 unspecified atom stereocenters. The molecule has 0 atom stereocenters. The standard InChI is InChI=1S/C19H27NO4/c1-5-24-19(21)18(15-9-7-6-8-12-20(15)2)14-10-11-16(22-3)17(13-14)23-4/h10-11,13H,5-9,12H2,1-4H3. The summed E-state index contributed by atoms with van der Waals surface area (Å²) in [5.74, 6) is 0.964. The van der Waals surface area contributed by atoms with Gasteiger partial charge in [-0.15, -0.1) is 0 Å². The fraction of sp³-hybridized carbons (Fsp3) is 0.526. The second-order valence-electron chi connectivity index (χ2n) is 5.84. The maximum Gasteiger partial charge on any atom is 0.340 e. The van der Waals surface area contributed by atoms with Crippen molar-refractivity contribution in [2.45, 2.75) is 32.6 Å². The minimum atomic E-state index is -0.284. The van der Waals surface area contributed by atoms with Crippen LogP contribution in [0.3, 0.4) is 0 Å².